The molecular formula is C13H12Cl2N2O2S. The average molecular weight is 331 g/mol. The second-order valence-electron chi connectivity index (χ2n) is 4.27. The molecule has 1 aromatic carbocycles. The quantitative estimate of drug-likeness (QED) is 0.930. The van der Waals surface area contributed by atoms with Crippen molar-refractivity contribution in [3.8, 4) is 0 Å². The number of aryl methyl sites for hydroxylation is 2. The maximum Gasteiger partial charge on any atom is 0.263 e. The van der Waals surface area contributed by atoms with E-state index in [-0.39, 0.29) is 9.92 Å². The minimum absolute atomic E-state index is 0.00989. The molecule has 0 aliphatic heterocycles. The van der Waals surface area contributed by atoms with E-state index in [4.69, 9.17) is 23.2 Å². The van der Waals surface area contributed by atoms with Crippen molar-refractivity contribution in [1.29, 1.82) is 0 Å². The van der Waals surface area contributed by atoms with Crippen LogP contribution in [-0.4, -0.2) is 13.4 Å². The molecule has 2 rings (SSSR count). The molecule has 4 nitrogen and oxygen atoms in total. The maximum atomic E-state index is 12.4. The first-order chi connectivity index (χ1) is 9.31. The number of sulfonamides is 1. The number of halogens is 2. The predicted molar refractivity (Wildman–Crippen MR) is 81.0 cm³/mol. The minimum atomic E-state index is -3.79. The van der Waals surface area contributed by atoms with Gasteiger partial charge in [-0.1, -0.05) is 23.2 Å². The Morgan fingerprint density at radius 3 is 2.50 bits per heavy atom. The van der Waals surface area contributed by atoms with Gasteiger partial charge in [-0.3, -0.25) is 9.71 Å². The predicted octanol–water partition coefficient (Wildman–Crippen LogP) is 3.81. The van der Waals surface area contributed by atoms with Gasteiger partial charge in [0, 0.05) is 11.2 Å². The molecular weight excluding hydrogens is 319 g/mol. The van der Waals surface area contributed by atoms with Crippen LogP contribution >= 0.6 is 23.2 Å². The molecule has 0 bridgehead atoms. The molecule has 1 heterocycles. The summed E-state index contributed by atoms with van der Waals surface area (Å²) in [4.78, 5) is 4.02. The lowest BCUT2D eigenvalue weighted by Crippen LogP contribution is -2.14. The Morgan fingerprint density at radius 1 is 1.15 bits per heavy atom. The summed E-state index contributed by atoms with van der Waals surface area (Å²) >= 11 is 11.9. The molecule has 0 aliphatic carbocycles. The smallest absolute Gasteiger partial charge is 0.263 e. The summed E-state index contributed by atoms with van der Waals surface area (Å²) in [6.45, 7) is 3.43. The number of anilines is 1. The van der Waals surface area contributed by atoms with Crippen LogP contribution in [0.5, 0.6) is 0 Å². The van der Waals surface area contributed by atoms with Crippen LogP contribution in [0.15, 0.2) is 35.4 Å². The Kier molecular flexibility index (Phi) is 4.22. The number of pyridine rings is 1. The van der Waals surface area contributed by atoms with Crippen LogP contribution in [0.3, 0.4) is 0 Å². The zero-order valence-electron chi connectivity index (χ0n) is 10.8. The van der Waals surface area contributed by atoms with Gasteiger partial charge in [0.2, 0.25) is 0 Å². The molecule has 0 fully saturated rings. The number of benzene rings is 1. The summed E-state index contributed by atoms with van der Waals surface area (Å²) in [7, 11) is -3.79. The molecule has 7 heteroatoms. The normalized spacial score (nSPS) is 11.4. The molecule has 1 N–H and O–H groups in total. The third-order valence-corrected chi connectivity index (χ3v) is 4.99. The van der Waals surface area contributed by atoms with Crippen LogP contribution in [-0.2, 0) is 10.0 Å². The third kappa shape index (κ3) is 3.06. The first-order valence-corrected chi connectivity index (χ1v) is 7.95. The fourth-order valence-electron chi connectivity index (χ4n) is 1.63. The van der Waals surface area contributed by atoms with Gasteiger partial charge in [-0.2, -0.15) is 0 Å². The van der Waals surface area contributed by atoms with E-state index >= 15 is 0 Å². The SMILES string of the molecule is Cc1cc(S(=O)(=O)Nc2cccnc2C)c(Cl)cc1Cl. The van der Waals surface area contributed by atoms with E-state index in [1.807, 2.05) is 0 Å². The zero-order valence-corrected chi connectivity index (χ0v) is 13.1. The molecule has 0 saturated heterocycles. The number of hydrogen-bond donors (Lipinski definition) is 1. The van der Waals surface area contributed by atoms with E-state index in [9.17, 15) is 8.42 Å². The molecule has 2 aromatic rings. The van der Waals surface area contributed by atoms with Crippen LogP contribution in [0.25, 0.3) is 0 Å². The number of rotatable bonds is 3. The van der Waals surface area contributed by atoms with Crippen molar-refractivity contribution in [1.82, 2.24) is 4.98 Å². The van der Waals surface area contributed by atoms with Crippen LogP contribution in [0, 0.1) is 13.8 Å². The topological polar surface area (TPSA) is 59.1 Å². The van der Waals surface area contributed by atoms with Crippen LogP contribution in [0.1, 0.15) is 11.3 Å². The van der Waals surface area contributed by atoms with Crippen molar-refractivity contribution in [3.63, 3.8) is 0 Å². The summed E-state index contributed by atoms with van der Waals surface area (Å²) in [5, 5.41) is 0.501. The van der Waals surface area contributed by atoms with E-state index < -0.39 is 10.0 Å². The van der Waals surface area contributed by atoms with Crippen LogP contribution in [0.2, 0.25) is 10.0 Å². The van der Waals surface area contributed by atoms with E-state index in [2.05, 4.69) is 9.71 Å². The molecule has 106 valence electrons. The highest BCUT2D eigenvalue weighted by atomic mass is 35.5. The lowest BCUT2D eigenvalue weighted by Gasteiger charge is -2.12. The first kappa shape index (κ1) is 15.1. The Hall–Kier alpha value is -1.30. The Labute approximate surface area is 127 Å². The first-order valence-electron chi connectivity index (χ1n) is 5.71. The Balaban J connectivity index is 2.47. The molecule has 0 atom stereocenters. The van der Waals surface area contributed by atoms with E-state index in [0.29, 0.717) is 22.0 Å². The molecule has 0 aliphatic rings. The van der Waals surface area contributed by atoms with Crippen molar-refractivity contribution >= 4 is 38.9 Å². The van der Waals surface area contributed by atoms with Crippen molar-refractivity contribution in [2.45, 2.75) is 18.7 Å². The molecule has 0 unspecified atom stereocenters. The largest absolute Gasteiger partial charge is 0.278 e. The summed E-state index contributed by atoms with van der Waals surface area (Å²) < 4.78 is 27.2. The van der Waals surface area contributed by atoms with Gasteiger partial charge in [-0.15, -0.1) is 0 Å². The minimum Gasteiger partial charge on any atom is -0.278 e. The molecule has 0 spiro atoms. The van der Waals surface area contributed by atoms with E-state index in [1.165, 1.54) is 12.1 Å². The van der Waals surface area contributed by atoms with E-state index in [1.54, 1.807) is 32.2 Å². The van der Waals surface area contributed by atoms with Gasteiger partial charge in [0.1, 0.15) is 4.90 Å². The third-order valence-electron chi connectivity index (χ3n) is 2.75. The number of aromatic nitrogens is 1. The van der Waals surface area contributed by atoms with Crippen molar-refractivity contribution < 1.29 is 8.42 Å². The Bertz CT molecular complexity index is 761. The second-order valence-corrected chi connectivity index (χ2v) is 6.74. The fraction of sp³-hybridized carbons (Fsp3) is 0.154. The Morgan fingerprint density at radius 2 is 1.85 bits per heavy atom. The van der Waals surface area contributed by atoms with Gasteiger partial charge < -0.3 is 0 Å². The average Bonchev–Trinajstić information content (AvgIpc) is 2.36. The van der Waals surface area contributed by atoms with Gasteiger partial charge in [0.15, 0.2) is 0 Å². The highest BCUT2D eigenvalue weighted by molar-refractivity contribution is 7.92. The highest BCUT2D eigenvalue weighted by Gasteiger charge is 2.20. The summed E-state index contributed by atoms with van der Waals surface area (Å²) in [6.07, 6.45) is 1.59. The standard InChI is InChI=1S/C13H12Cl2N2O2S/c1-8-6-13(11(15)7-10(8)14)20(18,19)17-12-4-3-5-16-9(12)2/h3-7,17H,1-2H3. The number of nitrogens with zero attached hydrogens (tertiary/aromatic N) is 1. The van der Waals surface area contributed by atoms with Crippen molar-refractivity contribution in [2.24, 2.45) is 0 Å². The second kappa shape index (κ2) is 5.60. The summed E-state index contributed by atoms with van der Waals surface area (Å²) in [6, 6.07) is 6.15. The lowest BCUT2D eigenvalue weighted by atomic mass is 10.2. The number of nitrogens with one attached hydrogen (secondary N) is 1. The van der Waals surface area contributed by atoms with Gasteiger partial charge in [0.25, 0.3) is 10.0 Å². The van der Waals surface area contributed by atoms with Crippen LogP contribution < -0.4 is 4.72 Å². The van der Waals surface area contributed by atoms with Gasteiger partial charge in [-0.25, -0.2) is 8.42 Å². The number of hydrogen-bond acceptors (Lipinski definition) is 3. The highest BCUT2D eigenvalue weighted by Crippen LogP contribution is 2.29. The molecule has 0 amide bonds. The molecule has 0 saturated carbocycles. The lowest BCUT2D eigenvalue weighted by molar-refractivity contribution is 0.601. The monoisotopic (exact) mass is 330 g/mol. The molecule has 20 heavy (non-hydrogen) atoms. The maximum absolute atomic E-state index is 12.4. The van der Waals surface area contributed by atoms with Gasteiger partial charge >= 0.3 is 0 Å². The summed E-state index contributed by atoms with van der Waals surface area (Å²) in [5.41, 5.74) is 1.63. The van der Waals surface area contributed by atoms with Gasteiger partial charge in [0.05, 0.1) is 16.4 Å². The molecule has 0 radical (unpaired) electrons. The van der Waals surface area contributed by atoms with E-state index in [0.717, 1.165) is 0 Å². The molecule has 1 aromatic heterocycles. The van der Waals surface area contributed by atoms with Crippen molar-refractivity contribution in [3.05, 3.63) is 51.8 Å². The van der Waals surface area contributed by atoms with Crippen LogP contribution in [0.4, 0.5) is 5.69 Å². The zero-order chi connectivity index (χ0) is 14.9. The fourth-order valence-corrected chi connectivity index (χ4v) is 3.58. The van der Waals surface area contributed by atoms with Gasteiger partial charge in [-0.05, 0) is 43.7 Å². The summed E-state index contributed by atoms with van der Waals surface area (Å²) in [5.74, 6) is 0. The van der Waals surface area contributed by atoms with Crippen molar-refractivity contribution in [2.75, 3.05) is 4.72 Å².